The monoisotopic (exact) mass is 378 g/mol. The van der Waals surface area contributed by atoms with Gasteiger partial charge in [0.15, 0.2) is 5.82 Å². The van der Waals surface area contributed by atoms with Gasteiger partial charge >= 0.3 is 0 Å². The Morgan fingerprint density at radius 2 is 2.19 bits per heavy atom. The Kier molecular flexibility index (Phi) is 5.75. The number of amides is 1. The molecule has 1 spiro atoms. The van der Waals surface area contributed by atoms with E-state index in [0.717, 1.165) is 70.7 Å². The Hall–Kier alpha value is -1.51. The molecule has 4 heterocycles. The van der Waals surface area contributed by atoms with Crippen molar-refractivity contribution in [2.75, 3.05) is 46.5 Å². The Morgan fingerprint density at radius 3 is 2.93 bits per heavy atom. The Balaban J connectivity index is 1.26. The van der Waals surface area contributed by atoms with Crippen LogP contribution in [0.25, 0.3) is 0 Å². The van der Waals surface area contributed by atoms with Gasteiger partial charge in [-0.05, 0) is 50.6 Å². The van der Waals surface area contributed by atoms with E-state index in [0.29, 0.717) is 31.4 Å². The summed E-state index contributed by atoms with van der Waals surface area (Å²) in [5.74, 6) is 1.66. The molecule has 0 aromatic carbocycles. The van der Waals surface area contributed by atoms with Crippen LogP contribution in [0.15, 0.2) is 4.52 Å². The van der Waals surface area contributed by atoms with E-state index in [1.807, 2.05) is 4.90 Å². The largest absolute Gasteiger partial charge is 0.385 e. The lowest BCUT2D eigenvalue weighted by Crippen LogP contribution is -2.41. The van der Waals surface area contributed by atoms with E-state index in [1.165, 1.54) is 0 Å². The first-order valence-electron chi connectivity index (χ1n) is 10.1. The van der Waals surface area contributed by atoms with Crippen molar-refractivity contribution >= 4 is 5.91 Å². The lowest BCUT2D eigenvalue weighted by Gasteiger charge is -2.38. The highest BCUT2D eigenvalue weighted by molar-refractivity contribution is 5.79. The zero-order valence-corrected chi connectivity index (χ0v) is 16.2. The minimum atomic E-state index is -0.0236. The van der Waals surface area contributed by atoms with Crippen molar-refractivity contribution < 1.29 is 18.8 Å². The maximum atomic E-state index is 12.4. The SMILES string of the molecule is COCCCN1CC2(CCN(Cc3noc([C@@H]4CCCO4)n3)CC2)CC1=O. The lowest BCUT2D eigenvalue weighted by atomic mass is 9.77. The zero-order valence-electron chi connectivity index (χ0n) is 16.2. The number of rotatable bonds is 7. The van der Waals surface area contributed by atoms with Crippen LogP contribution in [0.5, 0.6) is 0 Å². The molecule has 1 aromatic rings. The topological polar surface area (TPSA) is 80.9 Å². The summed E-state index contributed by atoms with van der Waals surface area (Å²) in [7, 11) is 1.70. The molecule has 3 saturated heterocycles. The van der Waals surface area contributed by atoms with Crippen LogP contribution < -0.4 is 0 Å². The summed E-state index contributed by atoms with van der Waals surface area (Å²) in [6, 6.07) is 0. The first kappa shape index (κ1) is 18.8. The van der Waals surface area contributed by atoms with Crippen molar-refractivity contribution in [1.82, 2.24) is 19.9 Å². The quantitative estimate of drug-likeness (QED) is 0.669. The molecular weight excluding hydrogens is 348 g/mol. The Labute approximate surface area is 160 Å². The third-order valence-corrected chi connectivity index (χ3v) is 6.15. The predicted molar refractivity (Wildman–Crippen MR) is 96.9 cm³/mol. The van der Waals surface area contributed by atoms with E-state index in [-0.39, 0.29) is 11.5 Å². The van der Waals surface area contributed by atoms with Crippen LogP contribution in [0, 0.1) is 5.41 Å². The summed E-state index contributed by atoms with van der Waals surface area (Å²) < 4.78 is 16.1. The maximum absolute atomic E-state index is 12.4. The van der Waals surface area contributed by atoms with Crippen LogP contribution >= 0.6 is 0 Å². The molecule has 1 atom stereocenters. The van der Waals surface area contributed by atoms with Crippen molar-refractivity contribution in [3.63, 3.8) is 0 Å². The van der Waals surface area contributed by atoms with Gasteiger partial charge in [0, 0.05) is 39.8 Å². The summed E-state index contributed by atoms with van der Waals surface area (Å²) in [5.41, 5.74) is 0.154. The highest BCUT2D eigenvalue weighted by Crippen LogP contribution is 2.41. The normalized spacial score (nSPS) is 25.7. The third-order valence-electron chi connectivity index (χ3n) is 6.15. The van der Waals surface area contributed by atoms with E-state index >= 15 is 0 Å². The first-order chi connectivity index (χ1) is 13.2. The summed E-state index contributed by atoms with van der Waals surface area (Å²) in [6.07, 6.45) is 5.70. The molecule has 0 N–H and O–H groups in total. The summed E-state index contributed by atoms with van der Waals surface area (Å²) in [4.78, 5) is 21.3. The molecule has 1 amide bonds. The summed E-state index contributed by atoms with van der Waals surface area (Å²) in [6.45, 7) is 5.85. The molecule has 8 nitrogen and oxygen atoms in total. The third kappa shape index (κ3) is 4.33. The van der Waals surface area contributed by atoms with Crippen molar-refractivity contribution in [2.24, 2.45) is 5.41 Å². The van der Waals surface area contributed by atoms with E-state index in [4.69, 9.17) is 14.0 Å². The number of likely N-dealkylation sites (tertiary alicyclic amines) is 2. The number of piperidine rings is 1. The van der Waals surface area contributed by atoms with Crippen molar-refractivity contribution in [3.05, 3.63) is 11.7 Å². The van der Waals surface area contributed by atoms with E-state index in [2.05, 4.69) is 15.0 Å². The molecule has 3 fully saturated rings. The molecule has 27 heavy (non-hydrogen) atoms. The summed E-state index contributed by atoms with van der Waals surface area (Å²) in [5, 5.41) is 4.13. The van der Waals surface area contributed by atoms with Gasteiger partial charge < -0.3 is 18.9 Å². The molecule has 1 aromatic heterocycles. The van der Waals surface area contributed by atoms with Crippen molar-refractivity contribution in [1.29, 1.82) is 0 Å². The average molecular weight is 378 g/mol. The van der Waals surface area contributed by atoms with E-state index < -0.39 is 0 Å². The van der Waals surface area contributed by atoms with Crippen molar-refractivity contribution in [3.8, 4) is 0 Å². The fourth-order valence-corrected chi connectivity index (χ4v) is 4.54. The molecule has 150 valence electrons. The number of ether oxygens (including phenoxy) is 2. The van der Waals surface area contributed by atoms with Crippen molar-refractivity contribution in [2.45, 2.75) is 51.2 Å². The molecule has 0 aliphatic carbocycles. The number of methoxy groups -OCH3 is 1. The highest BCUT2D eigenvalue weighted by Gasteiger charge is 2.44. The van der Waals surface area contributed by atoms with Crippen LogP contribution in [0.1, 0.15) is 56.3 Å². The molecule has 8 heteroatoms. The number of aromatic nitrogens is 2. The van der Waals surface area contributed by atoms with Crippen LogP contribution in [0.4, 0.5) is 0 Å². The fourth-order valence-electron chi connectivity index (χ4n) is 4.54. The Bertz CT molecular complexity index is 635. The van der Waals surface area contributed by atoms with Crippen LogP contribution in [-0.2, 0) is 20.8 Å². The molecule has 0 bridgehead atoms. The van der Waals surface area contributed by atoms with Gasteiger partial charge in [0.25, 0.3) is 5.89 Å². The van der Waals surface area contributed by atoms with Crippen LogP contribution in [0.3, 0.4) is 0 Å². The Morgan fingerprint density at radius 1 is 1.33 bits per heavy atom. The fraction of sp³-hybridized carbons (Fsp3) is 0.842. The molecule has 3 aliphatic rings. The van der Waals surface area contributed by atoms with Gasteiger partial charge in [-0.2, -0.15) is 4.98 Å². The molecule has 3 aliphatic heterocycles. The predicted octanol–water partition coefficient (Wildman–Crippen LogP) is 1.77. The standard InChI is InChI=1S/C19H30N4O4/c1-25-10-3-7-23-14-19(12-17(23)24)5-8-22(9-6-19)13-16-20-18(27-21-16)15-4-2-11-26-15/h15H,2-14H2,1H3/t15-/m0/s1. The minimum Gasteiger partial charge on any atom is -0.385 e. The second kappa shape index (κ2) is 8.24. The molecule has 0 unspecified atom stereocenters. The van der Waals surface area contributed by atoms with Gasteiger partial charge in [0.1, 0.15) is 6.10 Å². The second-order valence-corrected chi connectivity index (χ2v) is 8.17. The van der Waals surface area contributed by atoms with Gasteiger partial charge in [0.2, 0.25) is 5.91 Å². The summed E-state index contributed by atoms with van der Waals surface area (Å²) >= 11 is 0. The average Bonchev–Trinajstić information content (AvgIpc) is 3.39. The van der Waals surface area contributed by atoms with Gasteiger partial charge in [0.05, 0.1) is 6.54 Å². The van der Waals surface area contributed by atoms with Gasteiger partial charge in [-0.25, -0.2) is 0 Å². The minimum absolute atomic E-state index is 0.0236. The molecular formula is C19H30N4O4. The van der Waals surface area contributed by atoms with Gasteiger partial charge in [-0.1, -0.05) is 5.16 Å². The number of hydrogen-bond donors (Lipinski definition) is 0. The van der Waals surface area contributed by atoms with Crippen LogP contribution in [-0.4, -0.2) is 72.4 Å². The smallest absolute Gasteiger partial charge is 0.255 e. The second-order valence-electron chi connectivity index (χ2n) is 8.17. The van der Waals surface area contributed by atoms with Crippen LogP contribution in [0.2, 0.25) is 0 Å². The van der Waals surface area contributed by atoms with E-state index in [1.54, 1.807) is 7.11 Å². The first-order valence-corrected chi connectivity index (χ1v) is 10.1. The van der Waals surface area contributed by atoms with Gasteiger partial charge in [-0.15, -0.1) is 0 Å². The molecule has 0 radical (unpaired) electrons. The maximum Gasteiger partial charge on any atom is 0.255 e. The molecule has 0 saturated carbocycles. The number of nitrogens with zero attached hydrogens (tertiary/aromatic N) is 4. The molecule has 4 rings (SSSR count). The number of carbonyl (C=O) groups is 1. The van der Waals surface area contributed by atoms with E-state index in [9.17, 15) is 4.79 Å². The van der Waals surface area contributed by atoms with Gasteiger partial charge in [-0.3, -0.25) is 9.69 Å². The number of carbonyl (C=O) groups excluding carboxylic acids is 1. The highest BCUT2D eigenvalue weighted by atomic mass is 16.5. The number of hydrogen-bond acceptors (Lipinski definition) is 7. The lowest BCUT2D eigenvalue weighted by molar-refractivity contribution is -0.128. The zero-order chi connectivity index (χ0) is 18.7.